The van der Waals surface area contributed by atoms with Crippen molar-refractivity contribution in [1.82, 2.24) is 14.9 Å². The summed E-state index contributed by atoms with van der Waals surface area (Å²) in [5.74, 6) is 0.608. The van der Waals surface area contributed by atoms with Crippen molar-refractivity contribution in [2.75, 3.05) is 12.3 Å². The molecule has 8 heteroatoms. The van der Waals surface area contributed by atoms with Gasteiger partial charge in [-0.1, -0.05) is 11.8 Å². The fourth-order valence-electron chi connectivity index (χ4n) is 1.72. The number of hydrogen-bond acceptors (Lipinski definition) is 6. The number of fused-ring (bicyclic) bond motifs is 1. The Labute approximate surface area is 136 Å². The van der Waals surface area contributed by atoms with Crippen LogP contribution in [0.15, 0.2) is 21.4 Å². The van der Waals surface area contributed by atoms with Crippen molar-refractivity contribution in [2.24, 2.45) is 7.05 Å². The van der Waals surface area contributed by atoms with Gasteiger partial charge in [0, 0.05) is 19.3 Å². The third-order valence-electron chi connectivity index (χ3n) is 2.67. The van der Waals surface area contributed by atoms with Gasteiger partial charge in [0.05, 0.1) is 5.39 Å². The van der Waals surface area contributed by atoms with E-state index in [2.05, 4.69) is 10.3 Å². The number of aromatic nitrogens is 2. The van der Waals surface area contributed by atoms with E-state index in [0.717, 1.165) is 4.83 Å². The highest BCUT2D eigenvalue weighted by molar-refractivity contribution is 7.99. The molecule has 0 radical (unpaired) electrons. The minimum atomic E-state index is -0.507. The lowest BCUT2D eigenvalue weighted by atomic mass is 10.2. The molecule has 0 saturated heterocycles. The van der Waals surface area contributed by atoms with E-state index >= 15 is 0 Å². The Morgan fingerprint density at radius 3 is 2.91 bits per heavy atom. The highest BCUT2D eigenvalue weighted by Gasteiger charge is 2.15. The molecule has 0 bridgehead atoms. The molecule has 0 unspecified atom stereocenters. The van der Waals surface area contributed by atoms with E-state index in [1.165, 1.54) is 27.7 Å². The summed E-state index contributed by atoms with van der Waals surface area (Å²) in [7, 11) is 1.70. The normalized spacial score (nSPS) is 11.6. The van der Waals surface area contributed by atoms with Gasteiger partial charge in [0.15, 0.2) is 5.16 Å². The Hall–Kier alpha value is -1.54. The van der Waals surface area contributed by atoms with Crippen LogP contribution in [-0.4, -0.2) is 33.5 Å². The molecule has 0 saturated carbocycles. The summed E-state index contributed by atoms with van der Waals surface area (Å²) < 4.78 is 6.69. The number of carbonyl (C=O) groups is 1. The SMILES string of the molecule is Cn1c(SCCNC(=O)OC(C)(C)C)nc2sccc2c1=O. The molecule has 0 fully saturated rings. The van der Waals surface area contributed by atoms with E-state index < -0.39 is 11.7 Å². The molecule has 1 amide bonds. The van der Waals surface area contributed by atoms with Crippen LogP contribution in [0.25, 0.3) is 10.2 Å². The zero-order valence-electron chi connectivity index (χ0n) is 13.0. The van der Waals surface area contributed by atoms with Crippen LogP contribution in [0.3, 0.4) is 0 Å². The maximum absolute atomic E-state index is 12.1. The third kappa shape index (κ3) is 4.23. The van der Waals surface area contributed by atoms with Crippen LogP contribution < -0.4 is 10.9 Å². The molecule has 0 aliphatic carbocycles. The highest BCUT2D eigenvalue weighted by atomic mass is 32.2. The monoisotopic (exact) mass is 341 g/mol. The molecule has 2 aromatic heterocycles. The molecule has 22 heavy (non-hydrogen) atoms. The number of ether oxygens (including phenoxy) is 1. The predicted octanol–water partition coefficient (Wildman–Crippen LogP) is 2.61. The number of nitrogens with zero attached hydrogens (tertiary/aromatic N) is 2. The van der Waals surface area contributed by atoms with Crippen molar-refractivity contribution in [1.29, 1.82) is 0 Å². The number of nitrogens with one attached hydrogen (secondary N) is 1. The fourth-order valence-corrected chi connectivity index (χ4v) is 3.35. The fraction of sp³-hybridized carbons (Fsp3) is 0.500. The van der Waals surface area contributed by atoms with Gasteiger partial charge in [-0.2, -0.15) is 0 Å². The Morgan fingerprint density at radius 2 is 2.23 bits per heavy atom. The molecular weight excluding hydrogens is 322 g/mol. The molecule has 2 rings (SSSR count). The van der Waals surface area contributed by atoms with E-state index in [9.17, 15) is 9.59 Å². The second kappa shape index (κ2) is 6.70. The molecule has 1 N–H and O–H groups in total. The topological polar surface area (TPSA) is 73.2 Å². The van der Waals surface area contributed by atoms with Crippen LogP contribution in [0.1, 0.15) is 20.8 Å². The van der Waals surface area contributed by atoms with E-state index in [0.29, 0.717) is 22.8 Å². The number of thioether (sulfide) groups is 1. The third-order valence-corrected chi connectivity index (χ3v) is 4.50. The minimum Gasteiger partial charge on any atom is -0.444 e. The first-order chi connectivity index (χ1) is 10.3. The first kappa shape index (κ1) is 16.8. The number of thiophene rings is 1. The first-order valence-electron chi connectivity index (χ1n) is 6.82. The Balaban J connectivity index is 1.91. The van der Waals surface area contributed by atoms with Crippen LogP contribution in [0.2, 0.25) is 0 Å². The van der Waals surface area contributed by atoms with Crippen molar-refractivity contribution in [2.45, 2.75) is 31.5 Å². The zero-order valence-corrected chi connectivity index (χ0v) is 14.6. The zero-order chi connectivity index (χ0) is 16.3. The molecule has 6 nitrogen and oxygen atoms in total. The lowest BCUT2D eigenvalue weighted by molar-refractivity contribution is 0.0531. The molecule has 2 aromatic rings. The average molecular weight is 341 g/mol. The number of rotatable bonds is 4. The van der Waals surface area contributed by atoms with E-state index in [1.54, 1.807) is 13.1 Å². The van der Waals surface area contributed by atoms with Crippen molar-refractivity contribution >= 4 is 39.4 Å². The largest absolute Gasteiger partial charge is 0.444 e. The van der Waals surface area contributed by atoms with Crippen LogP contribution in [0.5, 0.6) is 0 Å². The quantitative estimate of drug-likeness (QED) is 0.526. The van der Waals surface area contributed by atoms with Gasteiger partial charge in [-0.25, -0.2) is 9.78 Å². The number of hydrogen-bond donors (Lipinski definition) is 1. The van der Waals surface area contributed by atoms with E-state index in [1.807, 2.05) is 26.2 Å². The van der Waals surface area contributed by atoms with Crippen molar-refractivity contribution < 1.29 is 9.53 Å². The van der Waals surface area contributed by atoms with Crippen LogP contribution in [0, 0.1) is 0 Å². The Kier molecular flexibility index (Phi) is 5.12. The average Bonchev–Trinajstić information content (AvgIpc) is 2.86. The molecule has 0 atom stereocenters. The highest BCUT2D eigenvalue weighted by Crippen LogP contribution is 2.20. The van der Waals surface area contributed by atoms with Gasteiger partial charge in [0.25, 0.3) is 5.56 Å². The van der Waals surface area contributed by atoms with Crippen LogP contribution in [0.4, 0.5) is 4.79 Å². The second-order valence-electron chi connectivity index (χ2n) is 5.68. The Morgan fingerprint density at radius 1 is 1.50 bits per heavy atom. The minimum absolute atomic E-state index is 0.0474. The van der Waals surface area contributed by atoms with E-state index in [-0.39, 0.29) is 5.56 Å². The standard InChI is InChI=1S/C14H19N3O3S2/c1-14(2,3)20-13(19)15-6-8-22-12-16-10-9(5-7-21-10)11(18)17(12)4/h5,7H,6,8H2,1-4H3,(H,15,19). The van der Waals surface area contributed by atoms with Gasteiger partial charge in [-0.05, 0) is 32.2 Å². The molecule has 2 heterocycles. The molecular formula is C14H19N3O3S2. The van der Waals surface area contributed by atoms with Crippen molar-refractivity contribution in [3.8, 4) is 0 Å². The number of amides is 1. The summed E-state index contributed by atoms with van der Waals surface area (Å²) >= 11 is 2.87. The van der Waals surface area contributed by atoms with Gasteiger partial charge in [-0.15, -0.1) is 11.3 Å². The van der Waals surface area contributed by atoms with Gasteiger partial charge in [0.2, 0.25) is 0 Å². The van der Waals surface area contributed by atoms with Crippen molar-refractivity contribution in [3.05, 3.63) is 21.8 Å². The van der Waals surface area contributed by atoms with Gasteiger partial charge in [0.1, 0.15) is 10.4 Å². The number of carbonyl (C=O) groups excluding carboxylic acids is 1. The Bertz CT molecular complexity index is 731. The van der Waals surface area contributed by atoms with Gasteiger partial charge < -0.3 is 10.1 Å². The van der Waals surface area contributed by atoms with E-state index in [4.69, 9.17) is 4.74 Å². The molecule has 0 spiro atoms. The number of alkyl carbamates (subject to hydrolysis) is 1. The summed E-state index contributed by atoms with van der Waals surface area (Å²) in [6.45, 7) is 5.89. The van der Waals surface area contributed by atoms with Crippen LogP contribution >= 0.6 is 23.1 Å². The molecule has 0 aliphatic rings. The summed E-state index contributed by atoms with van der Waals surface area (Å²) in [4.78, 5) is 28.9. The smallest absolute Gasteiger partial charge is 0.407 e. The molecule has 120 valence electrons. The summed E-state index contributed by atoms with van der Waals surface area (Å²) in [6.07, 6.45) is -0.441. The van der Waals surface area contributed by atoms with Gasteiger partial charge >= 0.3 is 6.09 Å². The molecule has 0 aliphatic heterocycles. The second-order valence-corrected chi connectivity index (χ2v) is 7.63. The maximum atomic E-state index is 12.1. The summed E-state index contributed by atoms with van der Waals surface area (Å²) in [5.41, 5.74) is -0.554. The maximum Gasteiger partial charge on any atom is 0.407 e. The lowest BCUT2D eigenvalue weighted by Crippen LogP contribution is -2.33. The van der Waals surface area contributed by atoms with Gasteiger partial charge in [-0.3, -0.25) is 9.36 Å². The summed E-state index contributed by atoms with van der Waals surface area (Å²) in [5, 5.41) is 5.83. The predicted molar refractivity (Wildman–Crippen MR) is 89.8 cm³/mol. The summed E-state index contributed by atoms with van der Waals surface area (Å²) in [6, 6.07) is 1.79. The van der Waals surface area contributed by atoms with Crippen LogP contribution in [-0.2, 0) is 11.8 Å². The first-order valence-corrected chi connectivity index (χ1v) is 8.68. The lowest BCUT2D eigenvalue weighted by Gasteiger charge is -2.19. The van der Waals surface area contributed by atoms with Crippen molar-refractivity contribution in [3.63, 3.8) is 0 Å². The molecule has 0 aromatic carbocycles.